The maximum Gasteiger partial charge on any atom is 0.237 e. The number of unbranched alkanes of at least 4 members (excludes halogenated alkanes) is 1. The fourth-order valence-electron chi connectivity index (χ4n) is 1.27. The molecule has 0 aliphatic carbocycles. The third-order valence-corrected chi connectivity index (χ3v) is 2.53. The van der Waals surface area contributed by atoms with Gasteiger partial charge in [-0.2, -0.15) is 0 Å². The van der Waals surface area contributed by atoms with E-state index in [2.05, 4.69) is 12.2 Å². The average molecular weight is 216 g/mol. The number of hydrogen-bond donors (Lipinski definition) is 3. The average Bonchev–Trinajstić information content (AvgIpc) is 2.21. The first-order chi connectivity index (χ1) is 7.02. The molecule has 4 heteroatoms. The first kappa shape index (κ1) is 14.4. The van der Waals surface area contributed by atoms with Gasteiger partial charge in [-0.25, -0.2) is 0 Å². The summed E-state index contributed by atoms with van der Waals surface area (Å²) in [5.74, 6) is 0.0634. The highest BCUT2D eigenvalue weighted by molar-refractivity contribution is 5.81. The van der Waals surface area contributed by atoms with Gasteiger partial charge < -0.3 is 16.2 Å². The van der Waals surface area contributed by atoms with Gasteiger partial charge in [-0.3, -0.25) is 4.79 Å². The third kappa shape index (κ3) is 5.74. The van der Waals surface area contributed by atoms with E-state index in [1.807, 2.05) is 13.8 Å². The van der Waals surface area contributed by atoms with Crippen LogP contribution >= 0.6 is 0 Å². The molecule has 4 N–H and O–H groups in total. The van der Waals surface area contributed by atoms with E-state index in [0.29, 0.717) is 6.42 Å². The molecule has 0 saturated carbocycles. The number of nitrogens with two attached hydrogens (primary N) is 1. The van der Waals surface area contributed by atoms with Gasteiger partial charge in [0.1, 0.15) is 0 Å². The lowest BCUT2D eigenvalue weighted by atomic mass is 10.0. The van der Waals surface area contributed by atoms with E-state index in [1.165, 1.54) is 0 Å². The van der Waals surface area contributed by atoms with Gasteiger partial charge in [-0.15, -0.1) is 0 Å². The Morgan fingerprint density at radius 1 is 1.47 bits per heavy atom. The molecule has 0 radical (unpaired) electrons. The molecule has 4 nitrogen and oxygen atoms in total. The fraction of sp³-hybridized carbons (Fsp3) is 0.909. The van der Waals surface area contributed by atoms with Crippen molar-refractivity contribution in [3.05, 3.63) is 0 Å². The molecule has 0 aromatic carbocycles. The van der Waals surface area contributed by atoms with Crippen LogP contribution in [-0.4, -0.2) is 29.7 Å². The fourth-order valence-corrected chi connectivity index (χ4v) is 1.27. The highest BCUT2D eigenvalue weighted by Crippen LogP contribution is 2.03. The van der Waals surface area contributed by atoms with Gasteiger partial charge in [0, 0.05) is 0 Å². The topological polar surface area (TPSA) is 75.4 Å². The van der Waals surface area contributed by atoms with Crippen LogP contribution in [0.4, 0.5) is 0 Å². The highest BCUT2D eigenvalue weighted by atomic mass is 16.3. The van der Waals surface area contributed by atoms with Gasteiger partial charge in [0.15, 0.2) is 0 Å². The molecule has 0 saturated heterocycles. The Kier molecular flexibility index (Phi) is 7.34. The van der Waals surface area contributed by atoms with Crippen LogP contribution in [-0.2, 0) is 4.79 Å². The predicted octanol–water partition coefficient (Wildman–Crippen LogP) is 0.637. The second-order valence-electron chi connectivity index (χ2n) is 4.29. The Hall–Kier alpha value is -0.610. The molecular formula is C11H24N2O2. The van der Waals surface area contributed by atoms with Crippen LogP contribution in [0.15, 0.2) is 0 Å². The molecular weight excluding hydrogens is 192 g/mol. The van der Waals surface area contributed by atoms with Gasteiger partial charge in [0.25, 0.3) is 0 Å². The zero-order valence-electron chi connectivity index (χ0n) is 9.99. The van der Waals surface area contributed by atoms with Crippen LogP contribution in [0.2, 0.25) is 0 Å². The molecule has 1 amide bonds. The molecule has 0 spiro atoms. The van der Waals surface area contributed by atoms with Gasteiger partial charge >= 0.3 is 0 Å². The first-order valence-electron chi connectivity index (χ1n) is 5.69. The maximum absolute atomic E-state index is 11.6. The molecule has 0 heterocycles. The number of carbonyl (C=O) groups excluding carboxylic acids is 1. The molecule has 2 atom stereocenters. The number of carbonyl (C=O) groups is 1. The van der Waals surface area contributed by atoms with Crippen LogP contribution in [0, 0.1) is 5.92 Å². The van der Waals surface area contributed by atoms with E-state index in [1.54, 1.807) is 0 Å². The standard InChI is InChI=1S/C11H24N2O2/c1-4-5-6-9(12)11(15)13-10(7-14)8(2)3/h8-10,14H,4-7,12H2,1-3H3,(H,13,15). The molecule has 0 aromatic heterocycles. The molecule has 0 aromatic rings. The summed E-state index contributed by atoms with van der Waals surface area (Å²) in [6.07, 6.45) is 2.70. The number of nitrogens with one attached hydrogen (secondary N) is 1. The van der Waals surface area contributed by atoms with Gasteiger partial charge in [0.2, 0.25) is 5.91 Å². The van der Waals surface area contributed by atoms with Crippen LogP contribution < -0.4 is 11.1 Å². The van der Waals surface area contributed by atoms with Crippen molar-refractivity contribution in [2.75, 3.05) is 6.61 Å². The van der Waals surface area contributed by atoms with E-state index in [9.17, 15) is 4.79 Å². The number of rotatable bonds is 7. The van der Waals surface area contributed by atoms with E-state index in [-0.39, 0.29) is 24.5 Å². The Labute approximate surface area is 92.2 Å². The minimum Gasteiger partial charge on any atom is -0.394 e. The number of aliphatic hydroxyl groups excluding tert-OH is 1. The smallest absolute Gasteiger partial charge is 0.237 e. The summed E-state index contributed by atoms with van der Waals surface area (Å²) in [5.41, 5.74) is 5.71. The summed E-state index contributed by atoms with van der Waals surface area (Å²) in [5, 5.41) is 11.8. The van der Waals surface area contributed by atoms with Crippen LogP contribution in [0.25, 0.3) is 0 Å². The number of hydrogen-bond acceptors (Lipinski definition) is 3. The Morgan fingerprint density at radius 2 is 2.07 bits per heavy atom. The SMILES string of the molecule is CCCCC(N)C(=O)NC(CO)C(C)C. The van der Waals surface area contributed by atoms with Crippen molar-refractivity contribution in [3.8, 4) is 0 Å². The van der Waals surface area contributed by atoms with Crippen molar-refractivity contribution in [2.24, 2.45) is 11.7 Å². The van der Waals surface area contributed by atoms with Crippen molar-refractivity contribution in [1.82, 2.24) is 5.32 Å². The van der Waals surface area contributed by atoms with Gasteiger partial charge in [-0.05, 0) is 12.3 Å². The van der Waals surface area contributed by atoms with Crippen molar-refractivity contribution in [1.29, 1.82) is 0 Å². The second kappa shape index (κ2) is 7.65. The molecule has 15 heavy (non-hydrogen) atoms. The molecule has 2 unspecified atom stereocenters. The lowest BCUT2D eigenvalue weighted by Gasteiger charge is -2.22. The van der Waals surface area contributed by atoms with Gasteiger partial charge in [-0.1, -0.05) is 33.6 Å². The molecule has 0 rings (SSSR count). The minimum absolute atomic E-state index is 0.0378. The zero-order valence-corrected chi connectivity index (χ0v) is 9.99. The van der Waals surface area contributed by atoms with Crippen LogP contribution in [0.5, 0.6) is 0 Å². The maximum atomic E-state index is 11.6. The third-order valence-electron chi connectivity index (χ3n) is 2.53. The van der Waals surface area contributed by atoms with Gasteiger partial charge in [0.05, 0.1) is 18.7 Å². The van der Waals surface area contributed by atoms with E-state index in [0.717, 1.165) is 12.8 Å². The minimum atomic E-state index is -0.447. The Morgan fingerprint density at radius 3 is 2.47 bits per heavy atom. The van der Waals surface area contributed by atoms with Crippen molar-refractivity contribution >= 4 is 5.91 Å². The predicted molar refractivity (Wildman–Crippen MR) is 61.4 cm³/mol. The molecule has 0 bridgehead atoms. The monoisotopic (exact) mass is 216 g/mol. The zero-order chi connectivity index (χ0) is 11.8. The summed E-state index contributed by atoms with van der Waals surface area (Å²) in [6.45, 7) is 5.94. The summed E-state index contributed by atoms with van der Waals surface area (Å²) in [7, 11) is 0. The van der Waals surface area contributed by atoms with E-state index in [4.69, 9.17) is 10.8 Å². The number of amides is 1. The second-order valence-corrected chi connectivity index (χ2v) is 4.29. The molecule has 0 aliphatic heterocycles. The normalized spacial score (nSPS) is 15.1. The van der Waals surface area contributed by atoms with Crippen molar-refractivity contribution in [2.45, 2.75) is 52.1 Å². The summed E-state index contributed by atoms with van der Waals surface area (Å²) in [4.78, 5) is 11.6. The van der Waals surface area contributed by atoms with Crippen molar-refractivity contribution < 1.29 is 9.90 Å². The lowest BCUT2D eigenvalue weighted by molar-refractivity contribution is -0.123. The van der Waals surface area contributed by atoms with Crippen LogP contribution in [0.3, 0.4) is 0 Å². The lowest BCUT2D eigenvalue weighted by Crippen LogP contribution is -2.48. The van der Waals surface area contributed by atoms with E-state index < -0.39 is 6.04 Å². The van der Waals surface area contributed by atoms with Crippen LogP contribution in [0.1, 0.15) is 40.0 Å². The number of aliphatic hydroxyl groups is 1. The Balaban J connectivity index is 3.98. The highest BCUT2D eigenvalue weighted by Gasteiger charge is 2.19. The largest absolute Gasteiger partial charge is 0.394 e. The summed E-state index contributed by atoms with van der Waals surface area (Å²) >= 11 is 0. The molecule has 90 valence electrons. The summed E-state index contributed by atoms with van der Waals surface area (Å²) < 4.78 is 0. The molecule has 0 aliphatic rings. The van der Waals surface area contributed by atoms with Crippen molar-refractivity contribution in [3.63, 3.8) is 0 Å². The Bertz CT molecular complexity index is 183. The first-order valence-corrected chi connectivity index (χ1v) is 5.69. The van der Waals surface area contributed by atoms with E-state index >= 15 is 0 Å². The quantitative estimate of drug-likeness (QED) is 0.584. The summed E-state index contributed by atoms with van der Waals surface area (Å²) in [6, 6.07) is -0.636. The molecule has 0 fully saturated rings.